The van der Waals surface area contributed by atoms with Gasteiger partial charge in [0.2, 0.25) is 5.91 Å². The highest BCUT2D eigenvalue weighted by molar-refractivity contribution is 6.05. The standard InChI is InChI=1S/C31H41N3O6/c1-5-21(20-35)34-26-28(37)33(23-14-12-22(13-15-23)32(6-2)7-3)18-11-17-31(26)24(27(34)36)25-29(38)39-19-10-8-9-16-30(25,4)40-31/h9,11-17,21,24-26,35H,5-8,10,18-20H2,1-4H3/b16-9-/t21-,24-,25-,26?,30+,31-/m0/s1. The van der Waals surface area contributed by atoms with Crippen LogP contribution in [0.2, 0.25) is 0 Å². The number of cyclic esters (lactones) is 1. The predicted octanol–water partition coefficient (Wildman–Crippen LogP) is 3.07. The number of carbonyl (C=O) groups excluding carboxylic acids is 3. The molecule has 40 heavy (non-hydrogen) atoms. The van der Waals surface area contributed by atoms with Crippen molar-refractivity contribution < 1.29 is 29.0 Å². The summed E-state index contributed by atoms with van der Waals surface area (Å²) in [4.78, 5) is 47.7. The van der Waals surface area contributed by atoms with Gasteiger partial charge in [-0.15, -0.1) is 0 Å². The van der Waals surface area contributed by atoms with Crippen molar-refractivity contribution in [3.05, 3.63) is 48.6 Å². The molecular weight excluding hydrogens is 510 g/mol. The number of aliphatic hydroxyl groups is 1. The van der Waals surface area contributed by atoms with Crippen LogP contribution in [0.5, 0.6) is 0 Å². The maximum absolute atomic E-state index is 14.6. The van der Waals surface area contributed by atoms with Gasteiger partial charge in [-0.25, -0.2) is 0 Å². The van der Waals surface area contributed by atoms with Crippen LogP contribution in [0, 0.1) is 11.8 Å². The normalized spacial score (nSPS) is 33.2. The molecule has 9 heteroatoms. The number of anilines is 2. The predicted molar refractivity (Wildman–Crippen MR) is 152 cm³/mol. The zero-order valence-corrected chi connectivity index (χ0v) is 23.9. The Hall–Kier alpha value is -3.17. The van der Waals surface area contributed by atoms with Crippen molar-refractivity contribution in [2.24, 2.45) is 11.8 Å². The van der Waals surface area contributed by atoms with Gasteiger partial charge >= 0.3 is 5.97 Å². The molecule has 6 atom stereocenters. The van der Waals surface area contributed by atoms with Gasteiger partial charge in [-0.2, -0.15) is 0 Å². The van der Waals surface area contributed by atoms with Crippen molar-refractivity contribution in [1.82, 2.24) is 4.90 Å². The fraction of sp³-hybridized carbons (Fsp3) is 0.581. The van der Waals surface area contributed by atoms with E-state index in [2.05, 4.69) is 18.7 Å². The molecule has 2 saturated heterocycles. The van der Waals surface area contributed by atoms with E-state index in [1.165, 1.54) is 4.90 Å². The Kier molecular flexibility index (Phi) is 7.81. The number of aliphatic hydroxyl groups excluding tert-OH is 1. The van der Waals surface area contributed by atoms with Gasteiger partial charge in [0.15, 0.2) is 0 Å². The summed E-state index contributed by atoms with van der Waals surface area (Å²) >= 11 is 0. The first-order valence-electron chi connectivity index (χ1n) is 14.6. The number of hydrogen-bond acceptors (Lipinski definition) is 7. The first-order valence-corrected chi connectivity index (χ1v) is 14.6. The minimum atomic E-state index is -1.38. The van der Waals surface area contributed by atoms with E-state index in [1.54, 1.807) is 11.8 Å². The molecule has 4 heterocycles. The van der Waals surface area contributed by atoms with E-state index in [1.807, 2.05) is 55.5 Å². The number of ether oxygens (including phenoxy) is 2. The molecule has 0 bridgehead atoms. The molecule has 2 fully saturated rings. The molecule has 1 spiro atoms. The Bertz CT molecular complexity index is 1190. The van der Waals surface area contributed by atoms with E-state index in [0.717, 1.165) is 18.8 Å². The molecule has 1 aromatic rings. The van der Waals surface area contributed by atoms with Crippen molar-refractivity contribution in [3.63, 3.8) is 0 Å². The Morgan fingerprint density at radius 1 is 1.02 bits per heavy atom. The SMILES string of the molecule is CC[C@@H](CO)N1C(=O)[C@@H]2[C@H]3C(=O)OCCC/C=C\[C@@]3(C)O[C@@]23C=CCN(c2ccc(N(CC)CC)cc2)C(=O)C13. The topological polar surface area (TPSA) is 99.6 Å². The van der Waals surface area contributed by atoms with Crippen molar-refractivity contribution >= 4 is 29.2 Å². The minimum absolute atomic E-state index is 0.261. The number of esters is 1. The highest BCUT2D eigenvalue weighted by atomic mass is 16.6. The van der Waals surface area contributed by atoms with Crippen LogP contribution < -0.4 is 9.80 Å². The molecule has 1 unspecified atom stereocenters. The first kappa shape index (κ1) is 28.4. The minimum Gasteiger partial charge on any atom is -0.465 e. The smallest absolute Gasteiger partial charge is 0.313 e. The molecule has 0 aromatic heterocycles. The second kappa shape index (κ2) is 11.0. The van der Waals surface area contributed by atoms with Gasteiger partial charge < -0.3 is 29.3 Å². The molecule has 4 aliphatic heterocycles. The molecule has 0 aliphatic carbocycles. The lowest BCUT2D eigenvalue weighted by molar-refractivity contribution is -0.159. The second-order valence-corrected chi connectivity index (χ2v) is 11.2. The van der Waals surface area contributed by atoms with Crippen molar-refractivity contribution in [1.29, 1.82) is 0 Å². The maximum Gasteiger partial charge on any atom is 0.313 e. The largest absolute Gasteiger partial charge is 0.465 e. The summed E-state index contributed by atoms with van der Waals surface area (Å²) in [5, 5.41) is 10.3. The molecule has 0 radical (unpaired) electrons. The van der Waals surface area contributed by atoms with E-state index in [-0.39, 0.29) is 31.6 Å². The van der Waals surface area contributed by atoms with Crippen molar-refractivity contribution in [3.8, 4) is 0 Å². The first-order chi connectivity index (χ1) is 19.3. The van der Waals surface area contributed by atoms with Crippen molar-refractivity contribution in [2.45, 2.75) is 70.2 Å². The number of hydrogen-bond donors (Lipinski definition) is 1. The summed E-state index contributed by atoms with van der Waals surface area (Å²) in [7, 11) is 0. The number of carbonyl (C=O) groups is 3. The van der Waals surface area contributed by atoms with E-state index in [0.29, 0.717) is 24.9 Å². The van der Waals surface area contributed by atoms with Crippen molar-refractivity contribution in [2.75, 3.05) is 42.6 Å². The molecular formula is C31H41N3O6. The van der Waals surface area contributed by atoms with Crippen LogP contribution >= 0.6 is 0 Å². The number of likely N-dealkylation sites (tertiary alicyclic amines) is 1. The summed E-state index contributed by atoms with van der Waals surface area (Å²) in [5.74, 6) is -3.02. The zero-order valence-electron chi connectivity index (χ0n) is 23.9. The number of nitrogens with zero attached hydrogens (tertiary/aromatic N) is 3. The Morgan fingerprint density at radius 2 is 1.75 bits per heavy atom. The summed E-state index contributed by atoms with van der Waals surface area (Å²) in [6.45, 7) is 9.87. The summed E-state index contributed by atoms with van der Waals surface area (Å²) in [6.07, 6.45) is 9.37. The number of amides is 2. The zero-order chi connectivity index (χ0) is 28.7. The van der Waals surface area contributed by atoms with Gasteiger partial charge in [-0.05, 0) is 64.3 Å². The van der Waals surface area contributed by atoms with E-state index in [4.69, 9.17) is 9.47 Å². The van der Waals surface area contributed by atoms with E-state index < -0.39 is 41.1 Å². The second-order valence-electron chi connectivity index (χ2n) is 11.2. The van der Waals surface area contributed by atoms with Gasteiger partial charge in [0, 0.05) is 31.0 Å². The maximum atomic E-state index is 14.6. The monoisotopic (exact) mass is 551 g/mol. The third-order valence-electron chi connectivity index (χ3n) is 9.05. The van der Waals surface area contributed by atoms with Crippen LogP contribution in [0.3, 0.4) is 0 Å². The van der Waals surface area contributed by atoms with Crippen LogP contribution in [0.25, 0.3) is 0 Å². The molecule has 216 valence electrons. The van der Waals surface area contributed by atoms with Gasteiger partial charge in [-0.1, -0.05) is 31.2 Å². The number of allylic oxidation sites excluding steroid dienone is 1. The van der Waals surface area contributed by atoms with Gasteiger partial charge in [0.05, 0.1) is 30.8 Å². The lowest BCUT2D eigenvalue weighted by Crippen LogP contribution is -2.58. The Morgan fingerprint density at radius 3 is 2.40 bits per heavy atom. The van der Waals surface area contributed by atoms with Crippen LogP contribution in [0.15, 0.2) is 48.6 Å². The third-order valence-corrected chi connectivity index (χ3v) is 9.05. The summed E-state index contributed by atoms with van der Waals surface area (Å²) in [5.41, 5.74) is -0.731. The lowest BCUT2D eigenvalue weighted by Gasteiger charge is -2.40. The van der Waals surface area contributed by atoms with Crippen LogP contribution in [0.4, 0.5) is 11.4 Å². The number of fused-ring (bicyclic) bond motifs is 2. The lowest BCUT2D eigenvalue weighted by atomic mass is 9.74. The number of rotatable bonds is 7. The van der Waals surface area contributed by atoms with Crippen LogP contribution in [-0.4, -0.2) is 83.9 Å². The quantitative estimate of drug-likeness (QED) is 0.411. The van der Waals surface area contributed by atoms with E-state index >= 15 is 0 Å². The fourth-order valence-corrected chi connectivity index (χ4v) is 7.04. The average molecular weight is 552 g/mol. The Balaban J connectivity index is 1.61. The summed E-state index contributed by atoms with van der Waals surface area (Å²) < 4.78 is 12.4. The van der Waals surface area contributed by atoms with Crippen LogP contribution in [0.1, 0.15) is 47.0 Å². The number of benzene rings is 1. The van der Waals surface area contributed by atoms with Gasteiger partial charge in [0.1, 0.15) is 17.6 Å². The van der Waals surface area contributed by atoms with Gasteiger partial charge in [0.25, 0.3) is 5.91 Å². The third kappa shape index (κ3) is 4.34. The molecule has 1 aromatic carbocycles. The molecule has 4 aliphatic rings. The van der Waals surface area contributed by atoms with Crippen LogP contribution in [-0.2, 0) is 23.9 Å². The highest BCUT2D eigenvalue weighted by Crippen LogP contribution is 2.57. The average Bonchev–Trinajstić information content (AvgIpc) is 3.30. The van der Waals surface area contributed by atoms with Gasteiger partial charge in [-0.3, -0.25) is 14.4 Å². The Labute approximate surface area is 236 Å². The molecule has 9 nitrogen and oxygen atoms in total. The van der Waals surface area contributed by atoms with E-state index in [9.17, 15) is 19.5 Å². The molecule has 0 saturated carbocycles. The fourth-order valence-electron chi connectivity index (χ4n) is 7.04. The molecule has 5 rings (SSSR count). The molecule has 2 amide bonds. The molecule has 1 N–H and O–H groups in total. The highest BCUT2D eigenvalue weighted by Gasteiger charge is 2.75. The summed E-state index contributed by atoms with van der Waals surface area (Å²) in [6, 6.07) is 6.21.